The quantitative estimate of drug-likeness (QED) is 0.498. The number of hydrazine groups is 1. The van der Waals surface area contributed by atoms with Gasteiger partial charge in [0.05, 0.1) is 5.02 Å². The van der Waals surface area contributed by atoms with Crippen LogP contribution in [0, 0.1) is 0 Å². The van der Waals surface area contributed by atoms with E-state index in [0.29, 0.717) is 17.2 Å². The van der Waals surface area contributed by atoms with Gasteiger partial charge in [-0.05, 0) is 24.6 Å². The molecule has 3 N–H and O–H groups in total. The summed E-state index contributed by atoms with van der Waals surface area (Å²) >= 11 is 9.29. The fraction of sp³-hybridized carbons (Fsp3) is 0.364. The molecule has 1 unspecified atom stereocenters. The van der Waals surface area contributed by atoms with Crippen molar-refractivity contribution in [1.82, 2.24) is 5.43 Å². The molecule has 0 aromatic heterocycles. The van der Waals surface area contributed by atoms with E-state index in [4.69, 9.17) is 22.2 Å². The summed E-state index contributed by atoms with van der Waals surface area (Å²) in [5, 5.41) is 0.458. The second-order valence-corrected chi connectivity index (χ2v) is 4.80. The molecule has 1 atom stereocenters. The third kappa shape index (κ3) is 4.18. The Morgan fingerprint density at radius 3 is 2.94 bits per heavy atom. The topological polar surface area (TPSA) is 64.3 Å². The first kappa shape index (κ1) is 14.3. The summed E-state index contributed by atoms with van der Waals surface area (Å²) in [6, 6.07) is 5.21. The number of hydrogen-bond donors (Lipinski definition) is 2. The highest BCUT2D eigenvalue weighted by molar-refractivity contribution is 9.10. The molecule has 0 spiro atoms. The van der Waals surface area contributed by atoms with Crippen LogP contribution in [0.1, 0.15) is 19.8 Å². The standard InChI is InChI=1S/C11H14BrClN2O2/c1-2-3-9(11(16)15-14)17-10-6-7(12)4-5-8(10)13/h4-6,9H,2-3,14H2,1H3,(H,15,16). The minimum atomic E-state index is -0.628. The zero-order valence-corrected chi connectivity index (χ0v) is 11.7. The number of nitrogens with one attached hydrogen (secondary N) is 1. The van der Waals surface area contributed by atoms with E-state index in [1.807, 2.05) is 6.92 Å². The zero-order chi connectivity index (χ0) is 12.8. The molecule has 17 heavy (non-hydrogen) atoms. The molecule has 0 saturated heterocycles. The summed E-state index contributed by atoms with van der Waals surface area (Å²) in [6.45, 7) is 1.96. The van der Waals surface area contributed by atoms with Crippen LogP contribution in [0.15, 0.2) is 22.7 Å². The summed E-state index contributed by atoms with van der Waals surface area (Å²) in [6.07, 6.45) is 0.757. The zero-order valence-electron chi connectivity index (χ0n) is 9.37. The fourth-order valence-corrected chi connectivity index (χ4v) is 1.82. The van der Waals surface area contributed by atoms with Gasteiger partial charge < -0.3 is 4.74 Å². The van der Waals surface area contributed by atoms with Crippen LogP contribution in [0.4, 0.5) is 0 Å². The molecule has 0 aliphatic rings. The molecule has 1 aromatic rings. The average Bonchev–Trinajstić information content (AvgIpc) is 2.32. The molecule has 0 aliphatic heterocycles. The first-order valence-corrected chi connectivity index (χ1v) is 6.37. The Labute approximate surface area is 114 Å². The van der Waals surface area contributed by atoms with Crippen molar-refractivity contribution in [3.63, 3.8) is 0 Å². The summed E-state index contributed by atoms with van der Waals surface area (Å²) < 4.78 is 6.40. The van der Waals surface area contributed by atoms with Crippen LogP contribution < -0.4 is 16.0 Å². The number of hydrogen-bond acceptors (Lipinski definition) is 3. The van der Waals surface area contributed by atoms with Crippen LogP contribution in [0.3, 0.4) is 0 Å². The first-order valence-electron chi connectivity index (χ1n) is 5.20. The Hall–Kier alpha value is -0.780. The molecule has 0 saturated carbocycles. The number of carbonyl (C=O) groups is 1. The van der Waals surface area contributed by atoms with Gasteiger partial charge in [0.1, 0.15) is 5.75 Å². The van der Waals surface area contributed by atoms with Gasteiger partial charge in [-0.2, -0.15) is 0 Å². The molecule has 0 heterocycles. The van der Waals surface area contributed by atoms with E-state index in [-0.39, 0.29) is 5.91 Å². The van der Waals surface area contributed by atoms with Crippen molar-refractivity contribution in [3.05, 3.63) is 27.7 Å². The summed E-state index contributed by atoms with van der Waals surface area (Å²) in [4.78, 5) is 11.5. The third-order valence-corrected chi connectivity index (χ3v) is 2.95. The minimum absolute atomic E-state index is 0.358. The number of carbonyl (C=O) groups excluding carboxylic acids is 1. The van der Waals surface area contributed by atoms with Crippen LogP contribution in [-0.2, 0) is 4.79 Å². The lowest BCUT2D eigenvalue weighted by Gasteiger charge is -2.17. The Morgan fingerprint density at radius 1 is 1.65 bits per heavy atom. The van der Waals surface area contributed by atoms with E-state index in [2.05, 4.69) is 21.4 Å². The van der Waals surface area contributed by atoms with Gasteiger partial charge in [0, 0.05) is 4.47 Å². The predicted octanol–water partition coefficient (Wildman–Crippen LogP) is 2.64. The highest BCUT2D eigenvalue weighted by atomic mass is 79.9. The van der Waals surface area contributed by atoms with Crippen molar-refractivity contribution < 1.29 is 9.53 Å². The maximum absolute atomic E-state index is 11.5. The van der Waals surface area contributed by atoms with E-state index >= 15 is 0 Å². The fourth-order valence-electron chi connectivity index (χ4n) is 1.32. The third-order valence-electron chi connectivity index (χ3n) is 2.15. The summed E-state index contributed by atoms with van der Waals surface area (Å²) in [5.41, 5.74) is 2.09. The van der Waals surface area contributed by atoms with Crippen LogP contribution >= 0.6 is 27.5 Å². The van der Waals surface area contributed by atoms with Gasteiger partial charge in [-0.25, -0.2) is 5.84 Å². The molecule has 1 amide bonds. The Kier molecular flexibility index (Phi) is 5.74. The first-order chi connectivity index (χ1) is 8.08. The van der Waals surface area contributed by atoms with E-state index < -0.39 is 6.10 Å². The van der Waals surface area contributed by atoms with Crippen molar-refractivity contribution in [3.8, 4) is 5.75 Å². The molecule has 0 radical (unpaired) electrons. The SMILES string of the molecule is CCCC(Oc1cc(Br)ccc1Cl)C(=O)NN. The van der Waals surface area contributed by atoms with Crippen LogP contribution in [-0.4, -0.2) is 12.0 Å². The van der Waals surface area contributed by atoms with Gasteiger partial charge in [0.25, 0.3) is 5.91 Å². The average molecular weight is 322 g/mol. The van der Waals surface area contributed by atoms with Crippen LogP contribution in [0.2, 0.25) is 5.02 Å². The Morgan fingerprint density at radius 2 is 2.35 bits per heavy atom. The van der Waals surface area contributed by atoms with Crippen molar-refractivity contribution in [2.75, 3.05) is 0 Å². The van der Waals surface area contributed by atoms with Crippen molar-refractivity contribution in [2.24, 2.45) is 5.84 Å². The lowest BCUT2D eigenvalue weighted by molar-refractivity contribution is -0.128. The molecule has 1 aromatic carbocycles. The lowest BCUT2D eigenvalue weighted by atomic mass is 10.2. The second kappa shape index (κ2) is 6.83. The van der Waals surface area contributed by atoms with Crippen LogP contribution in [0.5, 0.6) is 5.75 Å². The van der Waals surface area contributed by atoms with Gasteiger partial charge in [0.2, 0.25) is 0 Å². The largest absolute Gasteiger partial charge is 0.479 e. The summed E-state index contributed by atoms with van der Waals surface area (Å²) in [7, 11) is 0. The van der Waals surface area contributed by atoms with Gasteiger partial charge >= 0.3 is 0 Å². The van der Waals surface area contributed by atoms with E-state index in [9.17, 15) is 4.79 Å². The molecule has 0 bridgehead atoms. The highest BCUT2D eigenvalue weighted by Crippen LogP contribution is 2.29. The van der Waals surface area contributed by atoms with Gasteiger partial charge in [-0.1, -0.05) is 40.9 Å². The van der Waals surface area contributed by atoms with E-state index in [1.54, 1.807) is 18.2 Å². The molecule has 1 rings (SSSR count). The Bertz CT molecular complexity index is 401. The molecule has 4 nitrogen and oxygen atoms in total. The number of ether oxygens (including phenoxy) is 1. The number of nitrogens with two attached hydrogens (primary N) is 1. The van der Waals surface area contributed by atoms with Gasteiger partial charge in [-0.15, -0.1) is 0 Å². The van der Waals surface area contributed by atoms with Crippen molar-refractivity contribution >= 4 is 33.4 Å². The van der Waals surface area contributed by atoms with Gasteiger partial charge in [-0.3, -0.25) is 10.2 Å². The van der Waals surface area contributed by atoms with Crippen LogP contribution in [0.25, 0.3) is 0 Å². The maximum Gasteiger partial charge on any atom is 0.274 e. The molecule has 6 heteroatoms. The second-order valence-electron chi connectivity index (χ2n) is 3.48. The monoisotopic (exact) mass is 320 g/mol. The number of rotatable bonds is 5. The highest BCUT2D eigenvalue weighted by Gasteiger charge is 2.19. The van der Waals surface area contributed by atoms with E-state index in [1.165, 1.54) is 0 Å². The molecular weight excluding hydrogens is 307 g/mol. The molecular formula is C11H14BrClN2O2. The Balaban J connectivity index is 2.85. The molecule has 0 aliphatic carbocycles. The number of halogens is 2. The van der Waals surface area contributed by atoms with Crippen molar-refractivity contribution in [2.45, 2.75) is 25.9 Å². The predicted molar refractivity (Wildman–Crippen MR) is 70.8 cm³/mol. The number of benzene rings is 1. The molecule has 94 valence electrons. The number of amides is 1. The minimum Gasteiger partial charge on any atom is -0.479 e. The smallest absolute Gasteiger partial charge is 0.274 e. The van der Waals surface area contributed by atoms with Crippen molar-refractivity contribution in [1.29, 1.82) is 0 Å². The molecule has 0 fully saturated rings. The maximum atomic E-state index is 11.5. The lowest BCUT2D eigenvalue weighted by Crippen LogP contribution is -2.42. The van der Waals surface area contributed by atoms with Gasteiger partial charge in [0.15, 0.2) is 6.10 Å². The normalized spacial score (nSPS) is 12.0. The van der Waals surface area contributed by atoms with E-state index in [0.717, 1.165) is 10.9 Å². The summed E-state index contributed by atoms with van der Waals surface area (Å²) in [5.74, 6) is 5.21.